The number of nitrogens with one attached hydrogen (secondary N) is 1. The zero-order chi connectivity index (χ0) is 22.6. The summed E-state index contributed by atoms with van der Waals surface area (Å²) in [6, 6.07) is 19.6. The molecule has 1 aliphatic rings. The standard InChI is InChI=1S/C27H32N4O/c1-27(2,3)22-12-8-21(9-13-22)26(32)28-23-14-10-20(11-15-23)24-16-17-25(30-29-24)31-18-6-4-5-7-19-31/h8-17H,4-7,18-19H2,1-3H3,(H,28,32). The Hall–Kier alpha value is -3.21. The van der Waals surface area contributed by atoms with Gasteiger partial charge in [0.15, 0.2) is 5.82 Å². The molecule has 2 aromatic carbocycles. The summed E-state index contributed by atoms with van der Waals surface area (Å²) in [7, 11) is 0. The van der Waals surface area contributed by atoms with Crippen LogP contribution < -0.4 is 10.2 Å². The second kappa shape index (κ2) is 9.51. The Morgan fingerprint density at radius 2 is 1.47 bits per heavy atom. The van der Waals surface area contributed by atoms with Gasteiger partial charge >= 0.3 is 0 Å². The molecule has 166 valence electrons. The highest BCUT2D eigenvalue weighted by atomic mass is 16.1. The van der Waals surface area contributed by atoms with Gasteiger partial charge in [0, 0.05) is 29.9 Å². The Labute approximate surface area is 190 Å². The lowest BCUT2D eigenvalue weighted by Gasteiger charge is -2.20. The minimum absolute atomic E-state index is 0.0685. The number of aromatic nitrogens is 2. The lowest BCUT2D eigenvalue weighted by atomic mass is 9.87. The van der Waals surface area contributed by atoms with E-state index >= 15 is 0 Å². The van der Waals surface area contributed by atoms with Crippen LogP contribution in [0.1, 0.15) is 62.4 Å². The lowest BCUT2D eigenvalue weighted by molar-refractivity contribution is 0.102. The van der Waals surface area contributed by atoms with E-state index in [-0.39, 0.29) is 11.3 Å². The molecule has 2 heterocycles. The summed E-state index contributed by atoms with van der Waals surface area (Å²) in [5, 5.41) is 11.9. The number of hydrogen-bond donors (Lipinski definition) is 1. The molecule has 5 heteroatoms. The van der Waals surface area contributed by atoms with Crippen LogP contribution in [-0.2, 0) is 5.41 Å². The fourth-order valence-electron chi connectivity index (χ4n) is 4.00. The van der Waals surface area contributed by atoms with Crippen molar-refractivity contribution in [3.05, 3.63) is 71.8 Å². The first-order chi connectivity index (χ1) is 15.4. The van der Waals surface area contributed by atoms with Crippen molar-refractivity contribution >= 4 is 17.4 Å². The Bertz CT molecular complexity index is 1030. The summed E-state index contributed by atoms with van der Waals surface area (Å²) in [6.07, 6.45) is 5.04. The maximum Gasteiger partial charge on any atom is 0.255 e. The molecular weight excluding hydrogens is 396 g/mol. The highest BCUT2D eigenvalue weighted by molar-refractivity contribution is 6.04. The maximum atomic E-state index is 12.6. The smallest absolute Gasteiger partial charge is 0.255 e. The third-order valence-corrected chi connectivity index (χ3v) is 6.03. The van der Waals surface area contributed by atoms with Gasteiger partial charge in [0.25, 0.3) is 5.91 Å². The van der Waals surface area contributed by atoms with E-state index in [1.54, 1.807) is 0 Å². The molecule has 0 atom stereocenters. The van der Waals surface area contributed by atoms with Crippen LogP contribution in [0.25, 0.3) is 11.3 Å². The van der Waals surface area contributed by atoms with Crippen LogP contribution in [0.4, 0.5) is 11.5 Å². The van der Waals surface area contributed by atoms with E-state index in [1.165, 1.54) is 31.2 Å². The normalized spacial score (nSPS) is 14.7. The monoisotopic (exact) mass is 428 g/mol. The molecule has 1 amide bonds. The first-order valence-electron chi connectivity index (χ1n) is 11.5. The zero-order valence-electron chi connectivity index (χ0n) is 19.3. The molecule has 0 unspecified atom stereocenters. The summed E-state index contributed by atoms with van der Waals surface area (Å²) >= 11 is 0. The van der Waals surface area contributed by atoms with Gasteiger partial charge in [0.05, 0.1) is 5.69 Å². The summed E-state index contributed by atoms with van der Waals surface area (Å²) in [6.45, 7) is 8.60. The Kier molecular flexibility index (Phi) is 6.54. The molecule has 1 N–H and O–H groups in total. The van der Waals surface area contributed by atoms with E-state index in [4.69, 9.17) is 0 Å². The molecule has 0 radical (unpaired) electrons. The van der Waals surface area contributed by atoms with Gasteiger partial charge in [0.1, 0.15) is 0 Å². The predicted molar refractivity (Wildman–Crippen MR) is 131 cm³/mol. The molecule has 3 aromatic rings. The lowest BCUT2D eigenvalue weighted by Crippen LogP contribution is -2.25. The van der Waals surface area contributed by atoms with Crippen LogP contribution in [0, 0.1) is 0 Å². The molecule has 1 aromatic heterocycles. The summed E-state index contributed by atoms with van der Waals surface area (Å²) in [5.41, 5.74) is 4.50. The van der Waals surface area contributed by atoms with Crippen LogP contribution >= 0.6 is 0 Å². The Balaban J connectivity index is 1.40. The fraction of sp³-hybridized carbons (Fsp3) is 0.370. The van der Waals surface area contributed by atoms with E-state index in [1.807, 2.05) is 54.6 Å². The molecule has 1 saturated heterocycles. The van der Waals surface area contributed by atoms with Crippen LogP contribution in [0.3, 0.4) is 0 Å². The first kappa shape index (κ1) is 22.0. The van der Waals surface area contributed by atoms with Crippen LogP contribution in [-0.4, -0.2) is 29.2 Å². The van der Waals surface area contributed by atoms with Gasteiger partial charge in [-0.3, -0.25) is 4.79 Å². The van der Waals surface area contributed by atoms with Crippen LogP contribution in [0.2, 0.25) is 0 Å². The van der Waals surface area contributed by atoms with E-state index in [2.05, 4.69) is 47.3 Å². The summed E-state index contributed by atoms with van der Waals surface area (Å²) < 4.78 is 0. The average Bonchev–Trinajstić information content (AvgIpc) is 3.09. The maximum absolute atomic E-state index is 12.6. The van der Waals surface area contributed by atoms with Crippen LogP contribution in [0.15, 0.2) is 60.7 Å². The highest BCUT2D eigenvalue weighted by Crippen LogP contribution is 2.24. The third kappa shape index (κ3) is 5.34. The second-order valence-electron chi connectivity index (χ2n) is 9.54. The largest absolute Gasteiger partial charge is 0.355 e. The third-order valence-electron chi connectivity index (χ3n) is 6.03. The van der Waals surface area contributed by atoms with Crippen molar-refractivity contribution in [1.82, 2.24) is 10.2 Å². The molecule has 5 nitrogen and oxygen atoms in total. The highest BCUT2D eigenvalue weighted by Gasteiger charge is 2.15. The van der Waals surface area contributed by atoms with Crippen LogP contribution in [0.5, 0.6) is 0 Å². The zero-order valence-corrected chi connectivity index (χ0v) is 19.3. The van der Waals surface area contributed by atoms with E-state index < -0.39 is 0 Å². The van der Waals surface area contributed by atoms with E-state index in [0.717, 1.165) is 35.9 Å². The number of carbonyl (C=O) groups is 1. The topological polar surface area (TPSA) is 58.1 Å². The molecule has 1 aliphatic heterocycles. The van der Waals surface area contributed by atoms with Crippen molar-refractivity contribution in [2.24, 2.45) is 0 Å². The van der Waals surface area contributed by atoms with Gasteiger partial charge in [-0.25, -0.2) is 0 Å². The Morgan fingerprint density at radius 3 is 2.03 bits per heavy atom. The molecule has 32 heavy (non-hydrogen) atoms. The molecule has 4 rings (SSSR count). The quantitative estimate of drug-likeness (QED) is 0.548. The average molecular weight is 429 g/mol. The molecule has 0 spiro atoms. The van der Waals surface area contributed by atoms with Crippen molar-refractivity contribution in [2.75, 3.05) is 23.3 Å². The van der Waals surface area contributed by atoms with Gasteiger partial charge in [-0.05, 0) is 60.2 Å². The summed E-state index contributed by atoms with van der Waals surface area (Å²) in [5.74, 6) is 0.844. The first-order valence-corrected chi connectivity index (χ1v) is 11.5. The Morgan fingerprint density at radius 1 is 0.812 bits per heavy atom. The van der Waals surface area contributed by atoms with Gasteiger partial charge in [-0.15, -0.1) is 10.2 Å². The minimum Gasteiger partial charge on any atom is -0.355 e. The second-order valence-corrected chi connectivity index (χ2v) is 9.54. The number of hydrogen-bond acceptors (Lipinski definition) is 4. The fourth-order valence-corrected chi connectivity index (χ4v) is 4.00. The van der Waals surface area contributed by atoms with Crippen molar-refractivity contribution in [2.45, 2.75) is 51.9 Å². The molecule has 0 aliphatic carbocycles. The summed E-state index contributed by atoms with van der Waals surface area (Å²) in [4.78, 5) is 14.9. The van der Waals surface area contributed by atoms with Crippen molar-refractivity contribution in [1.29, 1.82) is 0 Å². The number of anilines is 2. The van der Waals surface area contributed by atoms with E-state index in [0.29, 0.717) is 5.56 Å². The van der Waals surface area contributed by atoms with Crippen molar-refractivity contribution in [3.63, 3.8) is 0 Å². The number of rotatable bonds is 4. The number of benzene rings is 2. The van der Waals surface area contributed by atoms with E-state index in [9.17, 15) is 4.79 Å². The van der Waals surface area contributed by atoms with Gasteiger partial charge < -0.3 is 10.2 Å². The number of amides is 1. The SMILES string of the molecule is CC(C)(C)c1ccc(C(=O)Nc2ccc(-c3ccc(N4CCCCCC4)nn3)cc2)cc1. The molecular formula is C27H32N4O. The molecule has 0 saturated carbocycles. The molecule has 1 fully saturated rings. The predicted octanol–water partition coefficient (Wildman–Crippen LogP) is 6.07. The van der Waals surface area contributed by atoms with Crippen molar-refractivity contribution < 1.29 is 4.79 Å². The molecule has 0 bridgehead atoms. The number of nitrogens with zero attached hydrogens (tertiary/aromatic N) is 3. The van der Waals surface area contributed by atoms with Gasteiger partial charge in [-0.2, -0.15) is 0 Å². The number of carbonyl (C=O) groups excluding carboxylic acids is 1. The van der Waals surface area contributed by atoms with Gasteiger partial charge in [0.2, 0.25) is 0 Å². The van der Waals surface area contributed by atoms with Gasteiger partial charge in [-0.1, -0.05) is 57.9 Å². The van der Waals surface area contributed by atoms with Crippen molar-refractivity contribution in [3.8, 4) is 11.3 Å². The minimum atomic E-state index is -0.111.